The van der Waals surface area contributed by atoms with E-state index in [9.17, 15) is 27.6 Å². The molecule has 0 bridgehead atoms. The second-order valence-electron chi connectivity index (χ2n) is 8.53. The minimum absolute atomic E-state index is 0.0156. The smallest absolute Gasteiger partial charge is 0.407 e. The van der Waals surface area contributed by atoms with Crippen molar-refractivity contribution in [2.75, 3.05) is 19.7 Å². The SMILES string of the molecule is C[C@H](NC(=O)OCC1c2ccccc2-c2ccccc21)C(=O)N1C[C@H](C(=O)O)[C@@H](C(F)(F)F)C1. The van der Waals surface area contributed by atoms with Gasteiger partial charge in [0.25, 0.3) is 0 Å². The van der Waals surface area contributed by atoms with E-state index >= 15 is 0 Å². The van der Waals surface area contributed by atoms with Crippen molar-refractivity contribution in [2.24, 2.45) is 11.8 Å². The van der Waals surface area contributed by atoms with Crippen LogP contribution in [0.2, 0.25) is 0 Å². The number of nitrogens with one attached hydrogen (secondary N) is 1. The first-order valence-electron chi connectivity index (χ1n) is 10.8. The summed E-state index contributed by atoms with van der Waals surface area (Å²) in [5.74, 6) is -6.51. The molecule has 2 aromatic rings. The van der Waals surface area contributed by atoms with E-state index in [1.807, 2.05) is 48.5 Å². The van der Waals surface area contributed by atoms with Gasteiger partial charge in [-0.05, 0) is 29.2 Å². The summed E-state index contributed by atoms with van der Waals surface area (Å²) in [5.41, 5.74) is 4.12. The molecule has 34 heavy (non-hydrogen) atoms. The topological polar surface area (TPSA) is 95.9 Å². The van der Waals surface area contributed by atoms with Crippen molar-refractivity contribution in [3.8, 4) is 11.1 Å². The molecule has 1 fully saturated rings. The molecule has 1 saturated heterocycles. The van der Waals surface area contributed by atoms with E-state index in [-0.39, 0.29) is 12.5 Å². The molecule has 2 N–H and O–H groups in total. The van der Waals surface area contributed by atoms with Gasteiger partial charge in [-0.15, -0.1) is 0 Å². The fourth-order valence-corrected chi connectivity index (χ4v) is 4.72. The average Bonchev–Trinajstić information content (AvgIpc) is 3.38. The molecule has 3 atom stereocenters. The summed E-state index contributed by atoms with van der Waals surface area (Å²) in [6.45, 7) is -0.00671. The molecule has 10 heteroatoms. The second kappa shape index (κ2) is 9.00. The Morgan fingerprint density at radius 3 is 2.12 bits per heavy atom. The Morgan fingerprint density at radius 1 is 1.06 bits per heavy atom. The normalized spacial score (nSPS) is 20.4. The van der Waals surface area contributed by atoms with Crippen LogP contribution in [0.3, 0.4) is 0 Å². The Bertz CT molecular complexity index is 1070. The molecule has 7 nitrogen and oxygen atoms in total. The molecule has 0 spiro atoms. The molecule has 2 amide bonds. The van der Waals surface area contributed by atoms with Gasteiger partial charge in [-0.25, -0.2) is 4.79 Å². The van der Waals surface area contributed by atoms with Crippen molar-refractivity contribution < 1.29 is 37.4 Å². The zero-order valence-electron chi connectivity index (χ0n) is 18.2. The number of halogens is 3. The third kappa shape index (κ3) is 4.44. The molecule has 0 saturated carbocycles. The number of alkyl carbamates (subject to hydrolysis) is 1. The van der Waals surface area contributed by atoms with Crippen LogP contribution in [0.25, 0.3) is 11.1 Å². The van der Waals surface area contributed by atoms with Crippen LogP contribution in [0.5, 0.6) is 0 Å². The number of carboxylic acids is 1. The van der Waals surface area contributed by atoms with E-state index in [0.29, 0.717) is 0 Å². The molecular formula is C24H23F3N2O5. The van der Waals surface area contributed by atoms with Crippen LogP contribution in [0.4, 0.5) is 18.0 Å². The molecule has 180 valence electrons. The van der Waals surface area contributed by atoms with Crippen LogP contribution >= 0.6 is 0 Å². The predicted molar refractivity (Wildman–Crippen MR) is 115 cm³/mol. The van der Waals surface area contributed by atoms with Gasteiger partial charge in [0.2, 0.25) is 5.91 Å². The van der Waals surface area contributed by atoms with Gasteiger partial charge in [0.15, 0.2) is 0 Å². The maximum absolute atomic E-state index is 13.2. The Kier molecular flexibility index (Phi) is 6.24. The monoisotopic (exact) mass is 476 g/mol. The van der Waals surface area contributed by atoms with Crippen LogP contribution in [0.15, 0.2) is 48.5 Å². The number of alkyl halides is 3. The van der Waals surface area contributed by atoms with E-state index in [1.165, 1.54) is 6.92 Å². The Morgan fingerprint density at radius 2 is 1.62 bits per heavy atom. The maximum Gasteiger partial charge on any atom is 0.407 e. The number of likely N-dealkylation sites (tertiary alicyclic amines) is 1. The molecule has 0 unspecified atom stereocenters. The number of fused-ring (bicyclic) bond motifs is 3. The minimum atomic E-state index is -4.75. The van der Waals surface area contributed by atoms with Crippen molar-refractivity contribution in [1.82, 2.24) is 10.2 Å². The lowest BCUT2D eigenvalue weighted by Crippen LogP contribution is -2.47. The number of hydrogen-bond acceptors (Lipinski definition) is 4. The van der Waals surface area contributed by atoms with Crippen LogP contribution in [-0.2, 0) is 14.3 Å². The zero-order valence-corrected chi connectivity index (χ0v) is 18.2. The summed E-state index contributed by atoms with van der Waals surface area (Å²) in [6.07, 6.45) is -5.63. The predicted octanol–water partition coefficient (Wildman–Crippen LogP) is 3.64. The van der Waals surface area contributed by atoms with E-state index in [0.717, 1.165) is 27.2 Å². The van der Waals surface area contributed by atoms with Crippen molar-refractivity contribution >= 4 is 18.0 Å². The number of ether oxygens (including phenoxy) is 1. The van der Waals surface area contributed by atoms with Crippen molar-refractivity contribution in [3.63, 3.8) is 0 Å². The molecular weight excluding hydrogens is 453 g/mol. The van der Waals surface area contributed by atoms with Crippen molar-refractivity contribution in [1.29, 1.82) is 0 Å². The second-order valence-corrected chi connectivity index (χ2v) is 8.53. The molecule has 2 aliphatic rings. The number of rotatable bonds is 5. The summed E-state index contributed by atoms with van der Waals surface area (Å²) in [5, 5.41) is 11.5. The highest BCUT2D eigenvalue weighted by molar-refractivity contribution is 5.86. The minimum Gasteiger partial charge on any atom is -0.481 e. The van der Waals surface area contributed by atoms with Crippen LogP contribution in [0.1, 0.15) is 24.0 Å². The number of benzene rings is 2. The van der Waals surface area contributed by atoms with Gasteiger partial charge in [-0.3, -0.25) is 9.59 Å². The van der Waals surface area contributed by atoms with Crippen molar-refractivity contribution in [2.45, 2.75) is 25.1 Å². The molecule has 4 rings (SSSR count). The lowest BCUT2D eigenvalue weighted by atomic mass is 9.96. The summed E-state index contributed by atoms with van der Waals surface area (Å²) in [7, 11) is 0. The first-order chi connectivity index (χ1) is 16.1. The number of carbonyl (C=O) groups is 3. The van der Waals surface area contributed by atoms with Crippen LogP contribution < -0.4 is 5.32 Å². The quantitative estimate of drug-likeness (QED) is 0.687. The molecule has 2 aromatic carbocycles. The summed E-state index contributed by atoms with van der Waals surface area (Å²) in [4.78, 5) is 37.0. The summed E-state index contributed by atoms with van der Waals surface area (Å²) in [6, 6.07) is 14.4. The van der Waals surface area contributed by atoms with Gasteiger partial charge in [0, 0.05) is 19.0 Å². The highest BCUT2D eigenvalue weighted by Gasteiger charge is 2.53. The largest absolute Gasteiger partial charge is 0.481 e. The van der Waals surface area contributed by atoms with Gasteiger partial charge in [0.05, 0.1) is 11.8 Å². The Hall–Kier alpha value is -3.56. The Labute approximate surface area is 193 Å². The third-order valence-electron chi connectivity index (χ3n) is 6.42. The summed E-state index contributed by atoms with van der Waals surface area (Å²) >= 11 is 0. The van der Waals surface area contributed by atoms with Gasteiger partial charge in [-0.2, -0.15) is 13.2 Å². The van der Waals surface area contributed by atoms with Crippen LogP contribution in [-0.4, -0.2) is 59.9 Å². The fraction of sp³-hybridized carbons (Fsp3) is 0.375. The van der Waals surface area contributed by atoms with Gasteiger partial charge < -0.3 is 20.1 Å². The average molecular weight is 476 g/mol. The standard InChI is InChI=1S/C24H23F3N2O5/c1-13(21(30)29-10-18(22(31)32)20(11-29)24(25,26)27)28-23(33)34-12-19-16-8-4-2-6-14(16)15-7-3-5-9-17(15)19/h2-9,13,18-20H,10-12H2,1H3,(H,28,33)(H,31,32)/t13-,18-,20-/m0/s1. The van der Waals surface area contributed by atoms with Gasteiger partial charge in [0.1, 0.15) is 12.6 Å². The van der Waals surface area contributed by atoms with Crippen LogP contribution in [0, 0.1) is 11.8 Å². The molecule has 0 aromatic heterocycles. The molecule has 1 aliphatic carbocycles. The zero-order chi connectivity index (χ0) is 24.6. The highest BCUT2D eigenvalue weighted by atomic mass is 19.4. The molecule has 0 radical (unpaired) electrons. The van der Waals surface area contributed by atoms with Crippen molar-refractivity contribution in [3.05, 3.63) is 59.7 Å². The number of carbonyl (C=O) groups excluding carboxylic acids is 2. The number of aliphatic carboxylic acids is 1. The van der Waals surface area contributed by atoms with Gasteiger partial charge in [-0.1, -0.05) is 48.5 Å². The van der Waals surface area contributed by atoms with E-state index in [2.05, 4.69) is 5.32 Å². The van der Waals surface area contributed by atoms with E-state index in [4.69, 9.17) is 9.84 Å². The first kappa shape index (κ1) is 23.6. The maximum atomic E-state index is 13.2. The Balaban J connectivity index is 1.37. The van der Waals surface area contributed by atoms with E-state index < -0.39 is 55.1 Å². The van der Waals surface area contributed by atoms with E-state index in [1.54, 1.807) is 0 Å². The lowest BCUT2D eigenvalue weighted by Gasteiger charge is -2.22. The number of hydrogen-bond donors (Lipinski definition) is 2. The van der Waals surface area contributed by atoms with Gasteiger partial charge >= 0.3 is 18.2 Å². The fourth-order valence-electron chi connectivity index (χ4n) is 4.72. The lowest BCUT2D eigenvalue weighted by molar-refractivity contribution is -0.188. The number of nitrogens with zero attached hydrogens (tertiary/aromatic N) is 1. The number of amides is 2. The third-order valence-corrected chi connectivity index (χ3v) is 6.42. The summed E-state index contributed by atoms with van der Waals surface area (Å²) < 4.78 is 44.9. The molecule has 1 heterocycles. The molecule has 1 aliphatic heterocycles. The number of carboxylic acid groups (broad SMARTS) is 1. The highest BCUT2D eigenvalue weighted by Crippen LogP contribution is 2.44. The first-order valence-corrected chi connectivity index (χ1v) is 10.8.